The Balaban J connectivity index is 2.01. The Labute approximate surface area is 166 Å². The zero-order chi connectivity index (χ0) is 19.3. The Bertz CT molecular complexity index is 601. The van der Waals surface area contributed by atoms with Crippen LogP contribution < -0.4 is 10.2 Å². The number of nitrogens with one attached hydrogen (secondary N) is 1. The van der Waals surface area contributed by atoms with Gasteiger partial charge in [0.05, 0.1) is 7.11 Å². The summed E-state index contributed by atoms with van der Waals surface area (Å²) in [4.78, 5) is 18.8. The van der Waals surface area contributed by atoms with E-state index in [4.69, 9.17) is 4.74 Å². The maximum atomic E-state index is 12.1. The minimum Gasteiger partial charge on any atom is -0.465 e. The number of rotatable bonds is 7. The van der Waals surface area contributed by atoms with Crippen LogP contribution in [0.15, 0.2) is 16.7 Å². The zero-order valence-corrected chi connectivity index (χ0v) is 18.2. The number of carbonyl (C=O) groups is 1. The first kappa shape index (κ1) is 21.2. The quantitative estimate of drug-likeness (QED) is 0.661. The van der Waals surface area contributed by atoms with E-state index in [-0.39, 0.29) is 5.97 Å². The van der Waals surface area contributed by atoms with Crippen LogP contribution in [0.3, 0.4) is 0 Å². The van der Waals surface area contributed by atoms with Crippen molar-refractivity contribution in [2.75, 3.05) is 25.1 Å². The molecular weight excluding hydrogens is 394 g/mol. The number of methoxy groups -OCH3 is 1. The minimum absolute atomic E-state index is 0.342. The van der Waals surface area contributed by atoms with Crippen LogP contribution in [0.2, 0.25) is 0 Å². The highest BCUT2D eigenvalue weighted by Gasteiger charge is 2.27. The molecule has 1 fully saturated rings. The zero-order valence-electron chi connectivity index (χ0n) is 16.6. The van der Waals surface area contributed by atoms with E-state index >= 15 is 0 Å². The third-order valence-electron chi connectivity index (χ3n) is 5.61. The lowest BCUT2D eigenvalue weighted by molar-refractivity contribution is 0.0601. The number of nitrogens with zero attached hydrogens (tertiary/aromatic N) is 2. The summed E-state index contributed by atoms with van der Waals surface area (Å²) < 4.78 is 5.70. The smallest absolute Gasteiger partial charge is 0.341 e. The van der Waals surface area contributed by atoms with E-state index in [9.17, 15) is 4.79 Å². The van der Waals surface area contributed by atoms with Gasteiger partial charge in [-0.05, 0) is 53.1 Å². The molecule has 0 aromatic carbocycles. The topological polar surface area (TPSA) is 54.5 Å². The van der Waals surface area contributed by atoms with Gasteiger partial charge in [0.1, 0.15) is 11.4 Å². The number of anilines is 1. The number of piperidine rings is 1. The lowest BCUT2D eigenvalue weighted by Crippen LogP contribution is -2.49. The maximum Gasteiger partial charge on any atom is 0.341 e. The molecule has 0 bridgehead atoms. The SMILES string of the molecule is CCC(NC1CCN(c2ncc(Br)cc2C(=O)OC)CC1)C(C)C(C)C. The average Bonchev–Trinajstić information content (AvgIpc) is 2.65. The van der Waals surface area contributed by atoms with Gasteiger partial charge in [-0.3, -0.25) is 0 Å². The molecule has 146 valence electrons. The number of carbonyl (C=O) groups excluding carboxylic acids is 1. The molecule has 1 aliphatic rings. The van der Waals surface area contributed by atoms with Crippen LogP contribution >= 0.6 is 15.9 Å². The molecule has 6 heteroatoms. The fourth-order valence-electron chi connectivity index (χ4n) is 3.61. The van der Waals surface area contributed by atoms with Crippen LogP contribution in [0, 0.1) is 11.8 Å². The molecule has 1 saturated heterocycles. The van der Waals surface area contributed by atoms with Gasteiger partial charge >= 0.3 is 5.97 Å². The molecule has 26 heavy (non-hydrogen) atoms. The fraction of sp³-hybridized carbons (Fsp3) is 0.700. The fourth-order valence-corrected chi connectivity index (χ4v) is 3.94. The lowest BCUT2D eigenvalue weighted by Gasteiger charge is -2.37. The maximum absolute atomic E-state index is 12.1. The third kappa shape index (κ3) is 5.19. The van der Waals surface area contributed by atoms with Gasteiger partial charge in [-0.1, -0.05) is 27.7 Å². The van der Waals surface area contributed by atoms with Crippen molar-refractivity contribution < 1.29 is 9.53 Å². The van der Waals surface area contributed by atoms with Crippen LogP contribution in [0.25, 0.3) is 0 Å². The second kappa shape index (κ2) is 9.70. The average molecular weight is 426 g/mol. The number of esters is 1. The van der Waals surface area contributed by atoms with Crippen molar-refractivity contribution in [2.24, 2.45) is 11.8 Å². The van der Waals surface area contributed by atoms with Gasteiger partial charge in [-0.15, -0.1) is 0 Å². The predicted octanol–water partition coefficient (Wildman–Crippen LogP) is 4.26. The summed E-state index contributed by atoms with van der Waals surface area (Å²) in [5.74, 6) is 1.73. The molecule has 0 saturated carbocycles. The molecule has 0 spiro atoms. The molecule has 2 atom stereocenters. The highest BCUT2D eigenvalue weighted by Crippen LogP contribution is 2.26. The summed E-state index contributed by atoms with van der Waals surface area (Å²) in [6, 6.07) is 2.87. The lowest BCUT2D eigenvalue weighted by atomic mass is 9.87. The summed E-state index contributed by atoms with van der Waals surface area (Å²) in [6.07, 6.45) is 5.00. The molecule has 0 radical (unpaired) electrons. The number of aromatic nitrogens is 1. The standard InChI is InChI=1S/C20H32BrN3O2/c1-6-18(14(4)13(2)3)23-16-7-9-24(10-8-16)19-17(20(25)26-5)11-15(21)12-22-19/h11-14,16,18,23H,6-10H2,1-5H3. The van der Waals surface area contributed by atoms with E-state index in [0.29, 0.717) is 29.5 Å². The van der Waals surface area contributed by atoms with Crippen LogP contribution in [0.4, 0.5) is 5.82 Å². The molecule has 0 amide bonds. The van der Waals surface area contributed by atoms with E-state index in [2.05, 4.69) is 58.8 Å². The van der Waals surface area contributed by atoms with Crippen molar-refractivity contribution in [2.45, 2.75) is 59.0 Å². The molecule has 2 rings (SSSR count). The first-order chi connectivity index (χ1) is 12.4. The summed E-state index contributed by atoms with van der Waals surface area (Å²) in [5, 5.41) is 3.87. The van der Waals surface area contributed by atoms with Gasteiger partial charge in [-0.2, -0.15) is 0 Å². The van der Waals surface area contributed by atoms with Crippen molar-refractivity contribution in [3.8, 4) is 0 Å². The van der Waals surface area contributed by atoms with Crippen LogP contribution in [-0.2, 0) is 4.74 Å². The number of halogens is 1. The Hall–Kier alpha value is -1.14. The second-order valence-electron chi connectivity index (χ2n) is 7.56. The summed E-state index contributed by atoms with van der Waals surface area (Å²) >= 11 is 3.39. The number of ether oxygens (including phenoxy) is 1. The number of hydrogen-bond acceptors (Lipinski definition) is 5. The van der Waals surface area contributed by atoms with Gasteiger partial charge in [-0.25, -0.2) is 9.78 Å². The number of pyridine rings is 1. The number of hydrogen-bond donors (Lipinski definition) is 1. The summed E-state index contributed by atoms with van der Waals surface area (Å²) in [7, 11) is 1.41. The van der Waals surface area contributed by atoms with Crippen LogP contribution in [-0.4, -0.2) is 43.2 Å². The van der Waals surface area contributed by atoms with Crippen LogP contribution in [0.5, 0.6) is 0 Å². The Morgan fingerprint density at radius 1 is 1.38 bits per heavy atom. The van der Waals surface area contributed by atoms with Crippen molar-refractivity contribution in [3.63, 3.8) is 0 Å². The molecule has 1 aromatic rings. The van der Waals surface area contributed by atoms with Crippen molar-refractivity contribution >= 4 is 27.7 Å². The summed E-state index contributed by atoms with van der Waals surface area (Å²) in [5.41, 5.74) is 0.521. The first-order valence-electron chi connectivity index (χ1n) is 9.62. The molecule has 2 heterocycles. The molecule has 2 unspecified atom stereocenters. The Morgan fingerprint density at radius 3 is 2.58 bits per heavy atom. The molecule has 5 nitrogen and oxygen atoms in total. The first-order valence-corrected chi connectivity index (χ1v) is 10.4. The van der Waals surface area contributed by atoms with Crippen LogP contribution in [0.1, 0.15) is 57.3 Å². The molecule has 1 aliphatic heterocycles. The molecular formula is C20H32BrN3O2. The summed E-state index contributed by atoms with van der Waals surface area (Å²) in [6.45, 7) is 11.0. The van der Waals surface area contributed by atoms with Crippen molar-refractivity contribution in [1.82, 2.24) is 10.3 Å². The van der Waals surface area contributed by atoms with E-state index in [1.165, 1.54) is 7.11 Å². The van der Waals surface area contributed by atoms with Gasteiger partial charge in [0.15, 0.2) is 0 Å². The van der Waals surface area contributed by atoms with Crippen molar-refractivity contribution in [3.05, 3.63) is 22.3 Å². The van der Waals surface area contributed by atoms with Gasteiger partial charge in [0, 0.05) is 35.8 Å². The van der Waals surface area contributed by atoms with Crippen molar-refractivity contribution in [1.29, 1.82) is 0 Å². The second-order valence-corrected chi connectivity index (χ2v) is 8.48. The molecule has 1 aromatic heterocycles. The van der Waals surface area contributed by atoms with E-state index in [1.807, 2.05) is 0 Å². The van der Waals surface area contributed by atoms with E-state index < -0.39 is 0 Å². The molecule has 0 aliphatic carbocycles. The highest BCUT2D eigenvalue weighted by atomic mass is 79.9. The van der Waals surface area contributed by atoms with Gasteiger partial charge < -0.3 is 15.0 Å². The largest absolute Gasteiger partial charge is 0.465 e. The normalized spacial score (nSPS) is 18.0. The minimum atomic E-state index is -0.342. The Morgan fingerprint density at radius 2 is 2.04 bits per heavy atom. The third-order valence-corrected chi connectivity index (χ3v) is 6.04. The Kier molecular flexibility index (Phi) is 7.89. The predicted molar refractivity (Wildman–Crippen MR) is 110 cm³/mol. The van der Waals surface area contributed by atoms with E-state index in [1.54, 1.807) is 12.3 Å². The molecule has 1 N–H and O–H groups in total. The van der Waals surface area contributed by atoms with Gasteiger partial charge in [0.25, 0.3) is 0 Å². The monoisotopic (exact) mass is 425 g/mol. The van der Waals surface area contributed by atoms with E-state index in [0.717, 1.165) is 42.6 Å². The van der Waals surface area contributed by atoms with Gasteiger partial charge in [0.2, 0.25) is 0 Å². The highest BCUT2D eigenvalue weighted by molar-refractivity contribution is 9.10.